The smallest absolute Gasteiger partial charge is 0.308 e. The fourth-order valence-electron chi connectivity index (χ4n) is 2.73. The lowest BCUT2D eigenvalue weighted by molar-refractivity contribution is -0.131. The molecule has 4 nitrogen and oxygen atoms in total. The van der Waals surface area contributed by atoms with Crippen LogP contribution in [0.25, 0.3) is 0 Å². The Morgan fingerprint density at radius 2 is 1.95 bits per heavy atom. The van der Waals surface area contributed by atoms with E-state index in [1.165, 1.54) is 6.92 Å². The first kappa shape index (κ1) is 14.6. The van der Waals surface area contributed by atoms with Gasteiger partial charge in [0.05, 0.1) is 12.7 Å². The number of carbonyl (C=O) groups excluding carboxylic acids is 1. The molecule has 0 aromatic heterocycles. The summed E-state index contributed by atoms with van der Waals surface area (Å²) in [5, 5.41) is 10.6. The molecule has 2 atom stereocenters. The van der Waals surface area contributed by atoms with Crippen LogP contribution in [0.5, 0.6) is 11.5 Å². The Hall–Kier alpha value is -2.33. The first-order valence-electron chi connectivity index (χ1n) is 7.24. The van der Waals surface area contributed by atoms with Crippen molar-refractivity contribution in [2.24, 2.45) is 0 Å². The van der Waals surface area contributed by atoms with Gasteiger partial charge in [0, 0.05) is 18.4 Å². The summed E-state index contributed by atoms with van der Waals surface area (Å²) in [6.45, 7) is 3.78. The maximum atomic E-state index is 10.9. The largest absolute Gasteiger partial charge is 0.492 e. The molecule has 0 fully saturated rings. The number of hydrogen-bond donors (Lipinski definition) is 1. The minimum atomic E-state index is -0.607. The van der Waals surface area contributed by atoms with E-state index in [0.29, 0.717) is 12.4 Å². The third kappa shape index (κ3) is 2.83. The van der Waals surface area contributed by atoms with Crippen LogP contribution in [0, 0.1) is 6.92 Å². The molecule has 0 saturated heterocycles. The number of hydrogen-bond acceptors (Lipinski definition) is 4. The van der Waals surface area contributed by atoms with E-state index in [1.807, 2.05) is 37.3 Å². The van der Waals surface area contributed by atoms with Gasteiger partial charge in [0.15, 0.2) is 0 Å². The molecule has 0 spiro atoms. The number of rotatable bonds is 2. The number of aliphatic hydroxyl groups excluding tert-OH is 1. The van der Waals surface area contributed by atoms with Crippen molar-refractivity contribution in [2.45, 2.75) is 25.9 Å². The Bertz CT molecular complexity index is 691. The monoisotopic (exact) mass is 298 g/mol. The van der Waals surface area contributed by atoms with E-state index in [-0.39, 0.29) is 11.9 Å². The Morgan fingerprint density at radius 1 is 1.23 bits per heavy atom. The second kappa shape index (κ2) is 5.81. The lowest BCUT2D eigenvalue weighted by atomic mass is 9.87. The summed E-state index contributed by atoms with van der Waals surface area (Å²) in [4.78, 5) is 10.9. The number of aliphatic hydroxyl groups is 1. The minimum absolute atomic E-state index is 0.137. The van der Waals surface area contributed by atoms with Crippen molar-refractivity contribution in [1.29, 1.82) is 0 Å². The van der Waals surface area contributed by atoms with Crippen LogP contribution in [-0.4, -0.2) is 17.7 Å². The van der Waals surface area contributed by atoms with E-state index < -0.39 is 6.10 Å². The van der Waals surface area contributed by atoms with Gasteiger partial charge in [0.1, 0.15) is 11.5 Å². The van der Waals surface area contributed by atoms with Crippen LogP contribution in [0.15, 0.2) is 42.5 Å². The third-order valence-electron chi connectivity index (χ3n) is 3.86. The standard InChI is InChI=1S/C18H18O4/c1-11-3-8-15-17(9-11)21-10-16(18(15)20)13-4-6-14(7-5-13)22-12(2)19/h3-9,16,18,20H,10H2,1-2H3/t16-,18+/m0/s1. The molecule has 114 valence electrons. The molecule has 4 heteroatoms. The molecule has 3 rings (SSSR count). The molecule has 0 aliphatic carbocycles. The van der Waals surface area contributed by atoms with Gasteiger partial charge in [-0.25, -0.2) is 0 Å². The van der Waals surface area contributed by atoms with Gasteiger partial charge in [-0.15, -0.1) is 0 Å². The highest BCUT2D eigenvalue weighted by Gasteiger charge is 2.30. The van der Waals surface area contributed by atoms with Gasteiger partial charge in [-0.2, -0.15) is 0 Å². The highest BCUT2D eigenvalue weighted by atomic mass is 16.5. The van der Waals surface area contributed by atoms with Gasteiger partial charge in [0.25, 0.3) is 0 Å². The Labute approximate surface area is 129 Å². The van der Waals surface area contributed by atoms with Crippen molar-refractivity contribution in [1.82, 2.24) is 0 Å². The highest BCUT2D eigenvalue weighted by molar-refractivity contribution is 5.69. The zero-order valence-electron chi connectivity index (χ0n) is 12.6. The molecule has 2 aromatic rings. The average molecular weight is 298 g/mol. The molecule has 0 bridgehead atoms. The van der Waals surface area contributed by atoms with Gasteiger partial charge in [-0.1, -0.05) is 24.3 Å². The summed E-state index contributed by atoms with van der Waals surface area (Å²) < 4.78 is 10.8. The number of ether oxygens (including phenoxy) is 2. The van der Waals surface area contributed by atoms with Crippen LogP contribution in [0.2, 0.25) is 0 Å². The van der Waals surface area contributed by atoms with Crippen molar-refractivity contribution in [3.05, 3.63) is 59.2 Å². The van der Waals surface area contributed by atoms with E-state index in [2.05, 4.69) is 0 Å². The average Bonchev–Trinajstić information content (AvgIpc) is 2.48. The molecule has 0 unspecified atom stereocenters. The quantitative estimate of drug-likeness (QED) is 0.683. The maximum absolute atomic E-state index is 10.9. The van der Waals surface area contributed by atoms with Crippen LogP contribution in [-0.2, 0) is 4.79 Å². The first-order chi connectivity index (χ1) is 10.5. The van der Waals surface area contributed by atoms with E-state index >= 15 is 0 Å². The number of fused-ring (bicyclic) bond motifs is 1. The van der Waals surface area contributed by atoms with Crippen molar-refractivity contribution in [2.75, 3.05) is 6.61 Å². The molecular formula is C18H18O4. The second-order valence-electron chi connectivity index (χ2n) is 5.57. The van der Waals surface area contributed by atoms with Gasteiger partial charge in [-0.05, 0) is 36.2 Å². The fourth-order valence-corrected chi connectivity index (χ4v) is 2.73. The minimum Gasteiger partial charge on any atom is -0.492 e. The summed E-state index contributed by atoms with van der Waals surface area (Å²) >= 11 is 0. The fraction of sp³-hybridized carbons (Fsp3) is 0.278. The number of carbonyl (C=O) groups is 1. The number of benzene rings is 2. The van der Waals surface area contributed by atoms with Crippen molar-refractivity contribution in [3.63, 3.8) is 0 Å². The molecule has 1 heterocycles. The number of esters is 1. The summed E-state index contributed by atoms with van der Waals surface area (Å²) in [7, 11) is 0. The predicted octanol–water partition coefficient (Wildman–Crippen LogP) is 3.13. The summed E-state index contributed by atoms with van der Waals surface area (Å²) in [5.41, 5.74) is 2.87. The maximum Gasteiger partial charge on any atom is 0.308 e. The lowest BCUT2D eigenvalue weighted by Crippen LogP contribution is -2.24. The van der Waals surface area contributed by atoms with Crippen LogP contribution in [0.3, 0.4) is 0 Å². The van der Waals surface area contributed by atoms with Crippen molar-refractivity contribution in [3.8, 4) is 11.5 Å². The number of aryl methyl sites for hydroxylation is 1. The summed E-state index contributed by atoms with van der Waals surface area (Å²) in [5.74, 6) is 0.762. The molecule has 0 amide bonds. The van der Waals surface area contributed by atoms with Gasteiger partial charge >= 0.3 is 5.97 Å². The Kier molecular flexibility index (Phi) is 3.86. The predicted molar refractivity (Wildman–Crippen MR) is 82.1 cm³/mol. The zero-order valence-corrected chi connectivity index (χ0v) is 12.6. The second-order valence-corrected chi connectivity index (χ2v) is 5.57. The molecule has 1 aliphatic rings. The molecule has 0 saturated carbocycles. The van der Waals surface area contributed by atoms with Crippen LogP contribution in [0.4, 0.5) is 0 Å². The molecule has 0 radical (unpaired) electrons. The van der Waals surface area contributed by atoms with Crippen molar-refractivity contribution >= 4 is 5.97 Å². The van der Waals surface area contributed by atoms with Crippen molar-refractivity contribution < 1.29 is 19.4 Å². The summed E-state index contributed by atoms with van der Waals surface area (Å²) in [6, 6.07) is 13.0. The lowest BCUT2D eigenvalue weighted by Gasteiger charge is -2.31. The first-order valence-corrected chi connectivity index (χ1v) is 7.24. The summed E-state index contributed by atoms with van der Waals surface area (Å²) in [6.07, 6.45) is -0.607. The van der Waals surface area contributed by atoms with E-state index in [4.69, 9.17) is 9.47 Å². The molecule has 22 heavy (non-hydrogen) atoms. The molecule has 1 N–H and O–H groups in total. The van der Waals surface area contributed by atoms with Gasteiger partial charge in [-0.3, -0.25) is 4.79 Å². The Balaban J connectivity index is 1.84. The van der Waals surface area contributed by atoms with E-state index in [0.717, 1.165) is 22.4 Å². The molecule has 1 aliphatic heterocycles. The van der Waals surface area contributed by atoms with E-state index in [1.54, 1.807) is 12.1 Å². The van der Waals surface area contributed by atoms with Gasteiger partial charge < -0.3 is 14.6 Å². The normalized spacial score (nSPS) is 20.0. The molecule has 2 aromatic carbocycles. The van der Waals surface area contributed by atoms with Crippen LogP contribution in [0.1, 0.15) is 35.6 Å². The zero-order chi connectivity index (χ0) is 15.7. The van der Waals surface area contributed by atoms with Crippen LogP contribution < -0.4 is 9.47 Å². The Morgan fingerprint density at radius 3 is 2.64 bits per heavy atom. The SMILES string of the molecule is CC(=O)Oc1ccc([C@@H]2COc3cc(C)ccc3[C@H]2O)cc1. The topological polar surface area (TPSA) is 55.8 Å². The third-order valence-corrected chi connectivity index (χ3v) is 3.86. The van der Waals surface area contributed by atoms with E-state index in [9.17, 15) is 9.90 Å². The van der Waals surface area contributed by atoms with Gasteiger partial charge in [0.2, 0.25) is 0 Å². The highest BCUT2D eigenvalue weighted by Crippen LogP contribution is 2.41. The molecular weight excluding hydrogens is 280 g/mol. The van der Waals surface area contributed by atoms with Crippen LogP contribution >= 0.6 is 0 Å².